The van der Waals surface area contributed by atoms with E-state index < -0.39 is 0 Å². The lowest BCUT2D eigenvalue weighted by atomic mass is 9.48. The van der Waals surface area contributed by atoms with Crippen LogP contribution in [-0.4, -0.2) is 10.4 Å². The number of nitrogen functional groups attached to an aromatic ring is 1. The maximum Gasteiger partial charge on any atom is 0.157 e. The van der Waals surface area contributed by atoms with Gasteiger partial charge in [-0.1, -0.05) is 0 Å². The maximum atomic E-state index is 9.23. The van der Waals surface area contributed by atoms with Gasteiger partial charge in [-0.2, -0.15) is 9.64 Å². The standard InChI is InChI=1S/C16H22N4S/c1-9(19-15-13(8-17)14(18)20-21-15)16-5-10-2-11(6-16)4-12(3-10)7-16/h9-12,19H,2-7H2,1H3,(H2,18,20). The number of nitrogens with one attached hydrogen (secondary N) is 1. The van der Waals surface area contributed by atoms with Gasteiger partial charge in [0.25, 0.3) is 0 Å². The van der Waals surface area contributed by atoms with Crippen molar-refractivity contribution in [3.05, 3.63) is 5.56 Å². The zero-order valence-corrected chi connectivity index (χ0v) is 13.2. The molecule has 1 aromatic rings. The molecule has 4 nitrogen and oxygen atoms in total. The van der Waals surface area contributed by atoms with Crippen LogP contribution in [0.4, 0.5) is 10.8 Å². The highest BCUT2D eigenvalue weighted by Gasteiger charge is 2.53. The topological polar surface area (TPSA) is 74.7 Å². The number of hydrogen-bond donors (Lipinski definition) is 2. The minimum Gasteiger partial charge on any atom is -0.382 e. The number of rotatable bonds is 3. The summed E-state index contributed by atoms with van der Waals surface area (Å²) in [4.78, 5) is 0. The van der Waals surface area contributed by atoms with E-state index in [2.05, 4.69) is 22.7 Å². The number of aromatic nitrogens is 1. The lowest BCUT2D eigenvalue weighted by molar-refractivity contribution is -0.0602. The summed E-state index contributed by atoms with van der Waals surface area (Å²) in [6.45, 7) is 2.30. The molecule has 4 aliphatic rings. The van der Waals surface area contributed by atoms with E-state index in [0.717, 1.165) is 22.8 Å². The molecule has 21 heavy (non-hydrogen) atoms. The van der Waals surface area contributed by atoms with Crippen molar-refractivity contribution in [1.29, 1.82) is 5.26 Å². The normalized spacial score (nSPS) is 38.2. The number of nitrogens with two attached hydrogens (primary N) is 1. The van der Waals surface area contributed by atoms with Crippen LogP contribution in [-0.2, 0) is 0 Å². The fraction of sp³-hybridized carbons (Fsp3) is 0.750. The number of nitriles is 1. The molecular formula is C16H22N4S. The number of nitrogens with zero attached hydrogens (tertiary/aromatic N) is 2. The van der Waals surface area contributed by atoms with E-state index in [4.69, 9.17) is 5.73 Å². The third-order valence-corrected chi connectivity index (χ3v) is 6.97. The van der Waals surface area contributed by atoms with E-state index in [0.29, 0.717) is 22.8 Å². The molecule has 4 bridgehead atoms. The summed E-state index contributed by atoms with van der Waals surface area (Å²) in [7, 11) is 0. The lowest BCUT2D eigenvalue weighted by Gasteiger charge is -2.59. The van der Waals surface area contributed by atoms with Crippen LogP contribution >= 0.6 is 11.5 Å². The highest BCUT2D eigenvalue weighted by atomic mass is 32.1. The average Bonchev–Trinajstić information content (AvgIpc) is 2.77. The van der Waals surface area contributed by atoms with E-state index in [9.17, 15) is 5.26 Å². The van der Waals surface area contributed by atoms with Gasteiger partial charge >= 0.3 is 0 Å². The van der Waals surface area contributed by atoms with Gasteiger partial charge in [-0.15, -0.1) is 0 Å². The van der Waals surface area contributed by atoms with Gasteiger partial charge in [0, 0.05) is 6.04 Å². The van der Waals surface area contributed by atoms with Crippen molar-refractivity contribution in [3.8, 4) is 6.07 Å². The van der Waals surface area contributed by atoms with Crippen molar-refractivity contribution in [2.24, 2.45) is 23.2 Å². The third-order valence-electron chi connectivity index (χ3n) is 6.18. The van der Waals surface area contributed by atoms with Crippen molar-refractivity contribution in [2.75, 3.05) is 11.1 Å². The van der Waals surface area contributed by atoms with Crippen LogP contribution in [0.2, 0.25) is 0 Å². The van der Waals surface area contributed by atoms with Crippen LogP contribution in [0, 0.1) is 34.5 Å². The second-order valence-electron chi connectivity index (χ2n) is 7.53. The molecule has 4 saturated carbocycles. The third kappa shape index (κ3) is 2.03. The molecule has 3 N–H and O–H groups in total. The van der Waals surface area contributed by atoms with Crippen molar-refractivity contribution in [2.45, 2.75) is 51.5 Å². The molecule has 5 rings (SSSR count). The highest BCUT2D eigenvalue weighted by Crippen LogP contribution is 2.61. The minimum atomic E-state index is 0.364. The molecule has 0 amide bonds. The summed E-state index contributed by atoms with van der Waals surface area (Å²) in [6.07, 6.45) is 8.48. The zero-order valence-electron chi connectivity index (χ0n) is 12.4. The van der Waals surface area contributed by atoms with Crippen LogP contribution in [0.5, 0.6) is 0 Å². The molecule has 0 spiro atoms. The molecule has 1 heterocycles. The molecule has 1 atom stereocenters. The number of hydrogen-bond acceptors (Lipinski definition) is 5. The molecule has 0 radical (unpaired) electrons. The van der Waals surface area contributed by atoms with E-state index in [-0.39, 0.29) is 0 Å². The summed E-state index contributed by atoms with van der Waals surface area (Å²) < 4.78 is 4.12. The van der Waals surface area contributed by atoms with Crippen molar-refractivity contribution < 1.29 is 0 Å². The molecule has 0 aromatic carbocycles. The van der Waals surface area contributed by atoms with Crippen molar-refractivity contribution in [1.82, 2.24) is 4.37 Å². The Balaban J connectivity index is 1.57. The summed E-state index contributed by atoms with van der Waals surface area (Å²) in [5.74, 6) is 3.20. The van der Waals surface area contributed by atoms with Gasteiger partial charge in [0.15, 0.2) is 5.82 Å². The molecule has 4 fully saturated rings. The highest BCUT2D eigenvalue weighted by molar-refractivity contribution is 7.10. The van der Waals surface area contributed by atoms with Gasteiger partial charge in [-0.3, -0.25) is 0 Å². The van der Waals surface area contributed by atoms with Gasteiger partial charge < -0.3 is 11.1 Å². The summed E-state index contributed by atoms with van der Waals surface area (Å²) >= 11 is 1.32. The predicted molar refractivity (Wildman–Crippen MR) is 84.9 cm³/mol. The van der Waals surface area contributed by atoms with E-state index >= 15 is 0 Å². The first kappa shape index (κ1) is 13.4. The van der Waals surface area contributed by atoms with Crippen LogP contribution < -0.4 is 11.1 Å². The average molecular weight is 302 g/mol. The van der Waals surface area contributed by atoms with Crippen molar-refractivity contribution in [3.63, 3.8) is 0 Å². The van der Waals surface area contributed by atoms with Gasteiger partial charge in [-0.05, 0) is 80.1 Å². The SMILES string of the molecule is CC(Nc1snc(N)c1C#N)C12CC3CC(CC(C3)C1)C2. The van der Waals surface area contributed by atoms with E-state index in [1.165, 1.54) is 50.1 Å². The molecule has 4 aliphatic carbocycles. The fourth-order valence-corrected chi connectivity index (χ4v) is 6.32. The molecule has 1 unspecified atom stereocenters. The Morgan fingerprint density at radius 2 is 1.86 bits per heavy atom. The Bertz CT molecular complexity index is 565. The molecule has 112 valence electrons. The van der Waals surface area contributed by atoms with Crippen LogP contribution in [0.25, 0.3) is 0 Å². The van der Waals surface area contributed by atoms with Crippen LogP contribution in [0.3, 0.4) is 0 Å². The van der Waals surface area contributed by atoms with Gasteiger partial charge in [0.2, 0.25) is 0 Å². The Kier molecular flexibility index (Phi) is 2.94. The lowest BCUT2D eigenvalue weighted by Crippen LogP contribution is -2.52. The fourth-order valence-electron chi connectivity index (χ4n) is 5.57. The van der Waals surface area contributed by atoms with Crippen molar-refractivity contribution >= 4 is 22.4 Å². The van der Waals surface area contributed by atoms with Crippen LogP contribution in [0.1, 0.15) is 51.0 Å². The second kappa shape index (κ2) is 4.61. The largest absolute Gasteiger partial charge is 0.382 e. The Labute approximate surface area is 129 Å². The predicted octanol–water partition coefficient (Wildman–Crippen LogP) is 3.61. The molecular weight excluding hydrogens is 280 g/mol. The Morgan fingerprint density at radius 3 is 2.38 bits per heavy atom. The Morgan fingerprint density at radius 1 is 1.29 bits per heavy atom. The monoisotopic (exact) mass is 302 g/mol. The quantitative estimate of drug-likeness (QED) is 0.894. The first-order valence-electron chi connectivity index (χ1n) is 8.01. The summed E-state index contributed by atoms with van der Waals surface area (Å²) in [6, 6.07) is 2.58. The first-order chi connectivity index (χ1) is 10.1. The second-order valence-corrected chi connectivity index (χ2v) is 8.30. The van der Waals surface area contributed by atoms with Gasteiger partial charge in [0.1, 0.15) is 16.6 Å². The Hall–Kier alpha value is -1.28. The molecule has 5 heteroatoms. The number of anilines is 2. The van der Waals surface area contributed by atoms with E-state index in [1.54, 1.807) is 0 Å². The molecule has 1 aromatic heterocycles. The maximum absolute atomic E-state index is 9.23. The molecule has 0 aliphatic heterocycles. The molecule has 0 saturated heterocycles. The summed E-state index contributed by atoms with van der Waals surface area (Å²) in [5, 5.41) is 13.7. The zero-order chi connectivity index (χ0) is 14.6. The van der Waals surface area contributed by atoms with E-state index in [1.807, 2.05) is 0 Å². The van der Waals surface area contributed by atoms with Crippen LogP contribution in [0.15, 0.2) is 0 Å². The summed E-state index contributed by atoms with van der Waals surface area (Å²) in [5.41, 5.74) is 6.73. The van der Waals surface area contributed by atoms with Gasteiger partial charge in [-0.25, -0.2) is 0 Å². The van der Waals surface area contributed by atoms with Gasteiger partial charge in [0.05, 0.1) is 0 Å². The minimum absolute atomic E-state index is 0.364. The smallest absolute Gasteiger partial charge is 0.157 e. The first-order valence-corrected chi connectivity index (χ1v) is 8.79.